The van der Waals surface area contributed by atoms with Gasteiger partial charge in [0.15, 0.2) is 0 Å². The molecule has 1 unspecified atom stereocenters. The summed E-state index contributed by atoms with van der Waals surface area (Å²) in [5.41, 5.74) is 1.27. The second-order valence-electron chi connectivity index (χ2n) is 4.84. The summed E-state index contributed by atoms with van der Waals surface area (Å²) in [6.45, 7) is 6.15. The lowest BCUT2D eigenvalue weighted by atomic mass is 10.1. The summed E-state index contributed by atoms with van der Waals surface area (Å²) in [5, 5.41) is 3.69. The molecule has 1 heterocycles. The van der Waals surface area contributed by atoms with Crippen molar-refractivity contribution in [3.63, 3.8) is 0 Å². The van der Waals surface area contributed by atoms with Crippen molar-refractivity contribution in [3.8, 4) is 0 Å². The first-order valence-electron chi connectivity index (χ1n) is 6.57. The van der Waals surface area contributed by atoms with Crippen LogP contribution in [0.5, 0.6) is 0 Å². The molecule has 2 rings (SSSR count). The Morgan fingerprint density at radius 2 is 2.33 bits per heavy atom. The molecule has 0 spiro atoms. The number of para-hydroxylation sites is 1. The lowest BCUT2D eigenvalue weighted by molar-refractivity contribution is 0.261. The Morgan fingerprint density at radius 3 is 3.11 bits per heavy atom. The van der Waals surface area contributed by atoms with E-state index in [1.165, 1.54) is 30.0 Å². The second kappa shape index (κ2) is 6.86. The summed E-state index contributed by atoms with van der Waals surface area (Å²) in [7, 11) is 2.20. The molecule has 0 aromatic heterocycles. The van der Waals surface area contributed by atoms with Crippen LogP contribution in [0.3, 0.4) is 0 Å². The lowest BCUT2D eigenvalue weighted by Gasteiger charge is -2.31. The van der Waals surface area contributed by atoms with Crippen LogP contribution in [0.4, 0.5) is 5.69 Å². The molecule has 0 radical (unpaired) electrons. The largest absolute Gasteiger partial charge is 0.380 e. The van der Waals surface area contributed by atoms with E-state index in [1.54, 1.807) is 0 Å². The Hall–Kier alpha value is -0.930. The Balaban J connectivity index is 2.01. The van der Waals surface area contributed by atoms with Crippen LogP contribution >= 0.6 is 11.8 Å². The summed E-state index contributed by atoms with van der Waals surface area (Å²) < 4.78 is 0. The Labute approximate surface area is 114 Å². The molecule has 0 bridgehead atoms. The van der Waals surface area contributed by atoms with Crippen LogP contribution in [-0.4, -0.2) is 36.8 Å². The van der Waals surface area contributed by atoms with Crippen molar-refractivity contribution in [1.29, 1.82) is 0 Å². The van der Waals surface area contributed by atoms with E-state index >= 15 is 0 Å². The number of nitrogens with zero attached hydrogens (tertiary/aromatic N) is 1. The minimum atomic E-state index is 0.578. The van der Waals surface area contributed by atoms with Gasteiger partial charge in [-0.05, 0) is 38.6 Å². The fraction of sp³-hybridized carbons (Fsp3) is 0.467. The van der Waals surface area contributed by atoms with Crippen molar-refractivity contribution < 1.29 is 0 Å². The molecule has 1 aromatic rings. The van der Waals surface area contributed by atoms with Crippen molar-refractivity contribution in [2.75, 3.05) is 31.2 Å². The van der Waals surface area contributed by atoms with Crippen LogP contribution in [0.2, 0.25) is 0 Å². The van der Waals surface area contributed by atoms with Gasteiger partial charge in [0.25, 0.3) is 0 Å². The molecule has 2 nitrogen and oxygen atoms in total. The topological polar surface area (TPSA) is 15.3 Å². The van der Waals surface area contributed by atoms with E-state index in [1.807, 2.05) is 17.8 Å². The highest BCUT2D eigenvalue weighted by molar-refractivity contribution is 7.99. The molecule has 1 aliphatic rings. The number of hydrogen-bond donors (Lipinski definition) is 1. The molecular weight excluding hydrogens is 240 g/mol. The molecule has 0 saturated carbocycles. The van der Waals surface area contributed by atoms with Gasteiger partial charge in [0.2, 0.25) is 0 Å². The second-order valence-corrected chi connectivity index (χ2v) is 5.90. The fourth-order valence-electron chi connectivity index (χ4n) is 2.36. The van der Waals surface area contributed by atoms with E-state index in [4.69, 9.17) is 0 Å². The minimum Gasteiger partial charge on any atom is -0.380 e. The molecule has 1 aromatic carbocycles. The maximum absolute atomic E-state index is 3.78. The van der Waals surface area contributed by atoms with E-state index in [9.17, 15) is 0 Å². The fourth-order valence-corrected chi connectivity index (χ4v) is 3.12. The third-order valence-corrected chi connectivity index (χ3v) is 4.30. The van der Waals surface area contributed by atoms with Gasteiger partial charge in [-0.25, -0.2) is 0 Å². The summed E-state index contributed by atoms with van der Waals surface area (Å²) >= 11 is 1.84. The van der Waals surface area contributed by atoms with E-state index in [0.717, 1.165) is 12.3 Å². The molecule has 18 heavy (non-hydrogen) atoms. The molecule has 1 atom stereocenters. The van der Waals surface area contributed by atoms with E-state index in [0.29, 0.717) is 6.04 Å². The van der Waals surface area contributed by atoms with Gasteiger partial charge < -0.3 is 10.2 Å². The Kier molecular flexibility index (Phi) is 5.14. The van der Waals surface area contributed by atoms with Crippen molar-refractivity contribution in [2.24, 2.45) is 0 Å². The third kappa shape index (κ3) is 3.79. The minimum absolute atomic E-state index is 0.578. The zero-order valence-corrected chi connectivity index (χ0v) is 11.9. The maximum atomic E-state index is 3.78. The molecule has 0 amide bonds. The number of thioether (sulfide) groups is 1. The lowest BCUT2D eigenvalue weighted by Crippen LogP contribution is -2.39. The van der Waals surface area contributed by atoms with Crippen LogP contribution in [0, 0.1) is 0 Å². The highest BCUT2D eigenvalue weighted by Crippen LogP contribution is 2.28. The number of nitrogens with one attached hydrogen (secondary N) is 1. The van der Waals surface area contributed by atoms with Crippen molar-refractivity contribution in [3.05, 3.63) is 36.9 Å². The van der Waals surface area contributed by atoms with E-state index < -0.39 is 0 Å². The average molecular weight is 262 g/mol. The standard InChI is InChI=1S/C15H22N2S/c1-3-11-18-15-9-5-4-8-14(15)16-13-7-6-10-17(2)12-13/h3-5,8-9,13,16H,1,6-7,10-12H2,2H3. The Morgan fingerprint density at radius 1 is 1.50 bits per heavy atom. The molecule has 1 saturated heterocycles. The van der Waals surface area contributed by atoms with Gasteiger partial charge in [-0.15, -0.1) is 18.3 Å². The maximum Gasteiger partial charge on any atom is 0.0481 e. The highest BCUT2D eigenvalue weighted by Gasteiger charge is 2.17. The monoisotopic (exact) mass is 262 g/mol. The summed E-state index contributed by atoms with van der Waals surface area (Å²) in [6, 6.07) is 9.15. The molecule has 3 heteroatoms. The number of rotatable bonds is 5. The van der Waals surface area contributed by atoms with Crippen LogP contribution < -0.4 is 5.32 Å². The quantitative estimate of drug-likeness (QED) is 0.646. The molecule has 1 aliphatic heterocycles. The van der Waals surface area contributed by atoms with Crippen molar-refractivity contribution >= 4 is 17.4 Å². The zero-order valence-electron chi connectivity index (χ0n) is 11.1. The smallest absolute Gasteiger partial charge is 0.0481 e. The summed E-state index contributed by atoms with van der Waals surface area (Å²) in [5.74, 6) is 0.962. The summed E-state index contributed by atoms with van der Waals surface area (Å²) in [6.07, 6.45) is 4.51. The molecule has 0 aliphatic carbocycles. The van der Waals surface area contributed by atoms with Crippen molar-refractivity contribution in [2.45, 2.75) is 23.8 Å². The van der Waals surface area contributed by atoms with Gasteiger partial charge in [0.1, 0.15) is 0 Å². The third-order valence-electron chi connectivity index (χ3n) is 3.23. The number of hydrogen-bond acceptors (Lipinski definition) is 3. The molecule has 98 valence electrons. The average Bonchev–Trinajstić information content (AvgIpc) is 2.38. The molecular formula is C15H22N2S. The number of piperidine rings is 1. The van der Waals surface area contributed by atoms with Gasteiger partial charge in [-0.1, -0.05) is 18.2 Å². The van der Waals surface area contributed by atoms with Gasteiger partial charge in [0, 0.05) is 28.9 Å². The first kappa shape index (κ1) is 13.5. The summed E-state index contributed by atoms with van der Waals surface area (Å²) in [4.78, 5) is 3.73. The van der Waals surface area contributed by atoms with Gasteiger partial charge in [-0.3, -0.25) is 0 Å². The van der Waals surface area contributed by atoms with Gasteiger partial charge in [0.05, 0.1) is 0 Å². The van der Waals surface area contributed by atoms with E-state index in [2.05, 4.69) is 48.1 Å². The van der Waals surface area contributed by atoms with Crippen LogP contribution in [0.1, 0.15) is 12.8 Å². The van der Waals surface area contributed by atoms with Crippen LogP contribution in [0.25, 0.3) is 0 Å². The van der Waals surface area contributed by atoms with Gasteiger partial charge in [-0.2, -0.15) is 0 Å². The Bertz CT molecular complexity index is 392. The van der Waals surface area contributed by atoms with E-state index in [-0.39, 0.29) is 0 Å². The molecule has 1 fully saturated rings. The number of benzene rings is 1. The highest BCUT2D eigenvalue weighted by atomic mass is 32.2. The van der Waals surface area contributed by atoms with Crippen LogP contribution in [0.15, 0.2) is 41.8 Å². The normalized spacial score (nSPS) is 20.6. The van der Waals surface area contributed by atoms with Gasteiger partial charge >= 0.3 is 0 Å². The first-order valence-corrected chi connectivity index (χ1v) is 7.56. The first-order chi connectivity index (χ1) is 8.79. The number of likely N-dealkylation sites (tertiary alicyclic amines) is 1. The number of anilines is 1. The number of likely N-dealkylation sites (N-methyl/N-ethyl adjacent to an activating group) is 1. The van der Waals surface area contributed by atoms with Crippen molar-refractivity contribution in [1.82, 2.24) is 4.90 Å². The zero-order chi connectivity index (χ0) is 12.8. The SMILES string of the molecule is C=CCSc1ccccc1NC1CCCN(C)C1. The predicted molar refractivity (Wildman–Crippen MR) is 81.5 cm³/mol. The molecule has 1 N–H and O–H groups in total. The predicted octanol–water partition coefficient (Wildman–Crippen LogP) is 3.47. The van der Waals surface area contributed by atoms with Crippen LogP contribution in [-0.2, 0) is 0 Å².